The van der Waals surface area contributed by atoms with Crippen LogP contribution >= 0.6 is 0 Å². The Morgan fingerprint density at radius 3 is 2.35 bits per heavy atom. The maximum atomic E-state index is 13.5. The summed E-state index contributed by atoms with van der Waals surface area (Å²) in [4.78, 5) is 23.9. The van der Waals surface area contributed by atoms with Gasteiger partial charge < -0.3 is 15.0 Å². The van der Waals surface area contributed by atoms with Gasteiger partial charge in [-0.2, -0.15) is 0 Å². The highest BCUT2D eigenvalue weighted by molar-refractivity contribution is 5.74. The average molecular weight is 246 g/mol. The molecule has 2 atom stereocenters. The number of ether oxygens (including phenoxy) is 1. The number of alkyl carbamates (subject to hydrolysis) is 1. The second kappa shape index (κ2) is 4.89. The summed E-state index contributed by atoms with van der Waals surface area (Å²) in [5.74, 6) is -0.193. The number of likely N-dealkylation sites (tertiary alicyclic amines) is 1. The Balaban J connectivity index is 2.47. The van der Waals surface area contributed by atoms with Crippen molar-refractivity contribution in [1.29, 1.82) is 0 Å². The summed E-state index contributed by atoms with van der Waals surface area (Å²) < 4.78 is 18.6. The fourth-order valence-corrected chi connectivity index (χ4v) is 1.62. The standard InChI is InChI=1S/C11H19FN2O3/c1-7(15)14-5-8(12)9(6-14)13-10(16)17-11(2,3)4/h8-9H,5-6H2,1-4H3,(H,13,16)/t8-,9-/m0/s1. The maximum Gasteiger partial charge on any atom is 0.408 e. The first-order valence-corrected chi connectivity index (χ1v) is 5.58. The number of nitrogens with one attached hydrogen (secondary N) is 1. The lowest BCUT2D eigenvalue weighted by Crippen LogP contribution is -2.44. The summed E-state index contributed by atoms with van der Waals surface area (Å²) in [7, 11) is 0. The Kier molecular flexibility index (Phi) is 3.95. The number of amides is 2. The van der Waals surface area contributed by atoms with E-state index in [0.29, 0.717) is 0 Å². The van der Waals surface area contributed by atoms with Gasteiger partial charge in [-0.25, -0.2) is 9.18 Å². The first-order chi connectivity index (χ1) is 7.69. The molecule has 1 aliphatic heterocycles. The van der Waals surface area contributed by atoms with Gasteiger partial charge in [0.05, 0.1) is 12.6 Å². The van der Waals surface area contributed by atoms with Gasteiger partial charge in [-0.15, -0.1) is 0 Å². The number of hydrogen-bond donors (Lipinski definition) is 1. The van der Waals surface area contributed by atoms with Crippen LogP contribution in [-0.4, -0.2) is 47.8 Å². The lowest BCUT2D eigenvalue weighted by atomic mass is 10.2. The van der Waals surface area contributed by atoms with Crippen LogP contribution in [0.25, 0.3) is 0 Å². The molecule has 1 aliphatic rings. The molecule has 0 aromatic carbocycles. The minimum Gasteiger partial charge on any atom is -0.444 e. The molecular formula is C11H19FN2O3. The van der Waals surface area contributed by atoms with Gasteiger partial charge in [0.1, 0.15) is 11.8 Å². The molecule has 1 rings (SSSR count). The normalized spacial score (nSPS) is 24.6. The minimum absolute atomic E-state index is 0.0236. The molecule has 1 heterocycles. The fourth-order valence-electron chi connectivity index (χ4n) is 1.62. The van der Waals surface area contributed by atoms with Crippen LogP contribution < -0.4 is 5.32 Å². The molecule has 0 aromatic rings. The molecule has 6 heteroatoms. The van der Waals surface area contributed by atoms with E-state index in [9.17, 15) is 14.0 Å². The van der Waals surface area contributed by atoms with E-state index in [-0.39, 0.29) is 19.0 Å². The van der Waals surface area contributed by atoms with Crippen molar-refractivity contribution in [2.24, 2.45) is 0 Å². The zero-order valence-corrected chi connectivity index (χ0v) is 10.6. The molecule has 1 fully saturated rings. The van der Waals surface area contributed by atoms with Gasteiger partial charge >= 0.3 is 6.09 Å². The number of carbonyl (C=O) groups is 2. The number of carbonyl (C=O) groups excluding carboxylic acids is 2. The summed E-state index contributed by atoms with van der Waals surface area (Å²) in [6.07, 6.45) is -1.90. The monoisotopic (exact) mass is 246 g/mol. The van der Waals surface area contributed by atoms with E-state index < -0.39 is 23.9 Å². The van der Waals surface area contributed by atoms with E-state index in [2.05, 4.69) is 5.32 Å². The van der Waals surface area contributed by atoms with Crippen LogP contribution in [0.1, 0.15) is 27.7 Å². The molecule has 1 saturated heterocycles. The van der Waals surface area contributed by atoms with Crippen LogP contribution in [0.5, 0.6) is 0 Å². The summed E-state index contributed by atoms with van der Waals surface area (Å²) in [6, 6.07) is -0.686. The Bertz CT molecular complexity index is 314. The van der Waals surface area contributed by atoms with Crippen molar-refractivity contribution in [2.45, 2.75) is 45.5 Å². The Morgan fingerprint density at radius 2 is 1.94 bits per heavy atom. The maximum absolute atomic E-state index is 13.5. The summed E-state index contributed by atoms with van der Waals surface area (Å²) in [5, 5.41) is 2.44. The van der Waals surface area contributed by atoms with Gasteiger partial charge in [0.15, 0.2) is 0 Å². The van der Waals surface area contributed by atoms with Crippen LogP contribution in [-0.2, 0) is 9.53 Å². The molecular weight excluding hydrogens is 227 g/mol. The van der Waals surface area contributed by atoms with Crippen molar-refractivity contribution >= 4 is 12.0 Å². The smallest absolute Gasteiger partial charge is 0.408 e. The highest BCUT2D eigenvalue weighted by Crippen LogP contribution is 2.15. The van der Waals surface area contributed by atoms with E-state index in [1.165, 1.54) is 11.8 Å². The van der Waals surface area contributed by atoms with Crippen LogP contribution in [0, 0.1) is 0 Å². The van der Waals surface area contributed by atoms with Gasteiger partial charge in [0, 0.05) is 13.5 Å². The molecule has 0 bridgehead atoms. The predicted octanol–water partition coefficient (Wildman–Crippen LogP) is 1.08. The Hall–Kier alpha value is -1.33. The molecule has 0 radical (unpaired) electrons. The van der Waals surface area contributed by atoms with E-state index in [1.54, 1.807) is 20.8 Å². The van der Waals surface area contributed by atoms with E-state index in [0.717, 1.165) is 0 Å². The molecule has 0 aromatic heterocycles. The van der Waals surface area contributed by atoms with E-state index in [1.807, 2.05) is 0 Å². The first-order valence-electron chi connectivity index (χ1n) is 5.58. The van der Waals surface area contributed by atoms with Crippen LogP contribution in [0.3, 0.4) is 0 Å². The number of hydrogen-bond acceptors (Lipinski definition) is 3. The summed E-state index contributed by atoms with van der Waals surface area (Å²) in [5.41, 5.74) is -0.616. The second-order valence-electron chi connectivity index (χ2n) is 5.19. The average Bonchev–Trinajstić information content (AvgIpc) is 2.44. The molecule has 0 unspecified atom stereocenters. The quantitative estimate of drug-likeness (QED) is 0.753. The molecule has 98 valence electrons. The van der Waals surface area contributed by atoms with Gasteiger partial charge in [-0.05, 0) is 20.8 Å². The van der Waals surface area contributed by atoms with E-state index in [4.69, 9.17) is 4.74 Å². The Morgan fingerprint density at radius 1 is 1.35 bits per heavy atom. The molecule has 2 amide bonds. The molecule has 17 heavy (non-hydrogen) atoms. The largest absolute Gasteiger partial charge is 0.444 e. The van der Waals surface area contributed by atoms with Gasteiger partial charge in [-0.1, -0.05) is 0 Å². The lowest BCUT2D eigenvalue weighted by Gasteiger charge is -2.22. The SMILES string of the molecule is CC(=O)N1C[C@H](NC(=O)OC(C)(C)C)[C@@H](F)C1. The van der Waals surface area contributed by atoms with E-state index >= 15 is 0 Å². The van der Waals surface area contributed by atoms with Crippen molar-refractivity contribution in [3.63, 3.8) is 0 Å². The summed E-state index contributed by atoms with van der Waals surface area (Å²) >= 11 is 0. The topological polar surface area (TPSA) is 58.6 Å². The third-order valence-corrected chi connectivity index (χ3v) is 2.40. The molecule has 0 aliphatic carbocycles. The van der Waals surface area contributed by atoms with Crippen molar-refractivity contribution in [3.05, 3.63) is 0 Å². The van der Waals surface area contributed by atoms with Crippen molar-refractivity contribution < 1.29 is 18.7 Å². The van der Waals surface area contributed by atoms with Crippen molar-refractivity contribution in [1.82, 2.24) is 10.2 Å². The highest BCUT2D eigenvalue weighted by atomic mass is 19.1. The molecule has 0 spiro atoms. The minimum atomic E-state index is -1.24. The van der Waals surface area contributed by atoms with Crippen LogP contribution in [0.4, 0.5) is 9.18 Å². The molecule has 0 saturated carbocycles. The van der Waals surface area contributed by atoms with Gasteiger partial charge in [-0.3, -0.25) is 4.79 Å². The lowest BCUT2D eigenvalue weighted by molar-refractivity contribution is -0.128. The fraction of sp³-hybridized carbons (Fsp3) is 0.818. The Labute approximate surface area is 100 Å². The molecule has 5 nitrogen and oxygen atoms in total. The third-order valence-electron chi connectivity index (χ3n) is 2.40. The van der Waals surface area contributed by atoms with Crippen LogP contribution in [0.2, 0.25) is 0 Å². The second-order valence-corrected chi connectivity index (χ2v) is 5.19. The van der Waals surface area contributed by atoms with Crippen LogP contribution in [0.15, 0.2) is 0 Å². The molecule has 1 N–H and O–H groups in total. The number of halogens is 1. The highest BCUT2D eigenvalue weighted by Gasteiger charge is 2.35. The van der Waals surface area contributed by atoms with Crippen molar-refractivity contribution in [3.8, 4) is 0 Å². The number of alkyl halides is 1. The predicted molar refractivity (Wildman–Crippen MR) is 60.3 cm³/mol. The zero-order chi connectivity index (χ0) is 13.2. The number of nitrogens with zero attached hydrogens (tertiary/aromatic N) is 1. The van der Waals surface area contributed by atoms with Gasteiger partial charge in [0.2, 0.25) is 5.91 Å². The summed E-state index contributed by atoms with van der Waals surface area (Å²) in [6.45, 7) is 6.79. The zero-order valence-electron chi connectivity index (χ0n) is 10.6. The first kappa shape index (κ1) is 13.7. The van der Waals surface area contributed by atoms with Crippen molar-refractivity contribution in [2.75, 3.05) is 13.1 Å². The van der Waals surface area contributed by atoms with Gasteiger partial charge in [0.25, 0.3) is 0 Å². The third kappa shape index (κ3) is 4.20. The number of rotatable bonds is 1.